The molecule has 0 amide bonds. The summed E-state index contributed by atoms with van der Waals surface area (Å²) < 4.78 is 29.4. The Kier molecular flexibility index (Phi) is 5.45. The fourth-order valence-corrected chi connectivity index (χ4v) is 4.03. The van der Waals surface area contributed by atoms with Gasteiger partial charge < -0.3 is 0 Å². The van der Waals surface area contributed by atoms with Crippen molar-refractivity contribution in [2.45, 2.75) is 31.2 Å². The van der Waals surface area contributed by atoms with E-state index < -0.39 is 22.4 Å². The molecule has 0 unspecified atom stereocenters. The molecule has 0 aliphatic carbocycles. The Bertz CT molecular complexity index is 1380. The number of Topliss-reactive ketones (excluding diaryl/α,β-unsaturated/α-hetero) is 1. The van der Waals surface area contributed by atoms with Crippen molar-refractivity contribution < 1.29 is 13.6 Å². The Hall–Kier alpha value is -3.33. The van der Waals surface area contributed by atoms with Gasteiger partial charge in [-0.25, -0.2) is 8.78 Å². The minimum absolute atomic E-state index is 0.0144. The molecule has 2 aromatic carbocycles. The van der Waals surface area contributed by atoms with Crippen LogP contribution in [0.5, 0.6) is 0 Å². The van der Waals surface area contributed by atoms with Crippen LogP contribution in [0.1, 0.15) is 28.4 Å². The molecule has 31 heavy (non-hydrogen) atoms. The number of ketones is 1. The minimum Gasteiger partial charge on any atom is -0.293 e. The van der Waals surface area contributed by atoms with Gasteiger partial charge in [-0.05, 0) is 50.1 Å². The summed E-state index contributed by atoms with van der Waals surface area (Å²) in [5.41, 5.74) is 2.40. The molecular weight excluding hydrogens is 422 g/mol. The number of rotatable bonds is 5. The van der Waals surface area contributed by atoms with Crippen LogP contribution in [-0.2, 0) is 0 Å². The van der Waals surface area contributed by atoms with Crippen molar-refractivity contribution in [1.82, 2.24) is 19.2 Å². The van der Waals surface area contributed by atoms with Crippen molar-refractivity contribution >= 4 is 23.2 Å². The van der Waals surface area contributed by atoms with E-state index in [-0.39, 0.29) is 17.1 Å². The third-order valence-electron chi connectivity index (χ3n) is 5.06. The molecule has 0 bridgehead atoms. The predicted molar refractivity (Wildman–Crippen MR) is 114 cm³/mol. The van der Waals surface area contributed by atoms with E-state index in [0.29, 0.717) is 10.7 Å². The molecule has 0 aliphatic rings. The molecule has 2 heterocycles. The second kappa shape index (κ2) is 8.07. The van der Waals surface area contributed by atoms with E-state index in [9.17, 15) is 18.4 Å². The molecule has 9 heteroatoms. The number of aryl methyl sites for hydroxylation is 2. The molecule has 0 spiro atoms. The quantitative estimate of drug-likeness (QED) is 0.345. The largest absolute Gasteiger partial charge is 0.300 e. The van der Waals surface area contributed by atoms with Gasteiger partial charge in [0, 0.05) is 24.0 Å². The summed E-state index contributed by atoms with van der Waals surface area (Å²) in [4.78, 5) is 25.6. The summed E-state index contributed by atoms with van der Waals surface area (Å²) in [6.45, 7) is 5.71. The van der Waals surface area contributed by atoms with E-state index in [0.717, 1.165) is 27.8 Å². The number of hydrogen-bond acceptors (Lipinski definition) is 5. The molecule has 0 radical (unpaired) electrons. The lowest BCUT2D eigenvalue weighted by Crippen LogP contribution is -2.20. The van der Waals surface area contributed by atoms with E-state index in [2.05, 4.69) is 10.2 Å². The third-order valence-corrected chi connectivity index (χ3v) is 6.12. The standard InChI is InChI=1S/C22H18F2N4O2S/c1-12-4-5-15(10-13(12)2)19(29)14(3)31-22-26-25-20-21(30)27(8-9-28(20)22)16-6-7-17(23)18(24)11-16/h4-11,14H,1-3H3/t14-/m1/s1. The second-order valence-corrected chi connectivity index (χ2v) is 8.48. The van der Waals surface area contributed by atoms with Gasteiger partial charge in [0.2, 0.25) is 5.65 Å². The number of fused-ring (bicyclic) bond motifs is 1. The van der Waals surface area contributed by atoms with Crippen molar-refractivity contribution in [3.63, 3.8) is 0 Å². The Morgan fingerprint density at radius 1 is 1.00 bits per heavy atom. The van der Waals surface area contributed by atoms with Crippen LogP contribution in [0.2, 0.25) is 0 Å². The van der Waals surface area contributed by atoms with Crippen LogP contribution in [0, 0.1) is 25.5 Å². The van der Waals surface area contributed by atoms with Gasteiger partial charge in [-0.15, -0.1) is 10.2 Å². The number of thioether (sulfide) groups is 1. The van der Waals surface area contributed by atoms with Crippen LogP contribution >= 0.6 is 11.8 Å². The zero-order valence-electron chi connectivity index (χ0n) is 17.0. The van der Waals surface area contributed by atoms with Crippen LogP contribution in [0.25, 0.3) is 11.3 Å². The average Bonchev–Trinajstić information content (AvgIpc) is 3.15. The maximum atomic E-state index is 13.6. The number of halogens is 2. The normalized spacial score (nSPS) is 12.3. The van der Waals surface area contributed by atoms with Gasteiger partial charge in [-0.2, -0.15) is 0 Å². The number of aromatic nitrogens is 4. The first kappa shape index (κ1) is 20.9. The summed E-state index contributed by atoms with van der Waals surface area (Å²) in [5, 5.41) is 7.91. The van der Waals surface area contributed by atoms with Gasteiger partial charge in [-0.1, -0.05) is 23.9 Å². The Morgan fingerprint density at radius 2 is 1.77 bits per heavy atom. The maximum absolute atomic E-state index is 13.6. The number of benzene rings is 2. The molecule has 0 aliphatic heterocycles. The van der Waals surface area contributed by atoms with Crippen molar-refractivity contribution in [2.24, 2.45) is 0 Å². The molecule has 0 saturated carbocycles. The molecule has 4 rings (SSSR count). The number of nitrogens with zero attached hydrogens (tertiary/aromatic N) is 4. The first-order chi connectivity index (χ1) is 14.8. The summed E-state index contributed by atoms with van der Waals surface area (Å²) in [7, 11) is 0. The highest BCUT2D eigenvalue weighted by molar-refractivity contribution is 8.00. The fraction of sp³-hybridized carbons (Fsp3) is 0.182. The minimum atomic E-state index is -1.05. The van der Waals surface area contributed by atoms with Crippen molar-refractivity contribution in [1.29, 1.82) is 0 Å². The van der Waals surface area contributed by atoms with E-state index in [4.69, 9.17) is 0 Å². The smallest absolute Gasteiger partial charge is 0.293 e. The number of carbonyl (C=O) groups is 1. The molecule has 0 N–H and O–H groups in total. The van der Waals surface area contributed by atoms with E-state index >= 15 is 0 Å². The lowest BCUT2D eigenvalue weighted by atomic mass is 10.0. The molecule has 1 atom stereocenters. The van der Waals surface area contributed by atoms with Gasteiger partial charge in [0.15, 0.2) is 22.6 Å². The summed E-state index contributed by atoms with van der Waals surface area (Å²) >= 11 is 1.19. The molecule has 2 aromatic heterocycles. The zero-order chi connectivity index (χ0) is 22.3. The Labute approximate surface area is 180 Å². The number of hydrogen-bond donors (Lipinski definition) is 0. The lowest BCUT2D eigenvalue weighted by Gasteiger charge is -2.11. The first-order valence-corrected chi connectivity index (χ1v) is 10.3. The summed E-state index contributed by atoms with van der Waals surface area (Å²) in [5.74, 6) is -2.11. The molecular formula is C22H18F2N4O2S. The van der Waals surface area contributed by atoms with Crippen LogP contribution in [0.3, 0.4) is 0 Å². The van der Waals surface area contributed by atoms with E-state index in [1.807, 2.05) is 26.0 Å². The summed E-state index contributed by atoms with van der Waals surface area (Å²) in [6.07, 6.45) is 2.97. The van der Waals surface area contributed by atoms with Crippen LogP contribution < -0.4 is 5.56 Å². The molecule has 4 aromatic rings. The molecule has 6 nitrogen and oxygen atoms in total. The molecule has 158 valence electrons. The Balaban J connectivity index is 1.64. The van der Waals surface area contributed by atoms with Crippen LogP contribution in [-0.4, -0.2) is 30.2 Å². The number of carbonyl (C=O) groups excluding carboxylic acids is 1. The van der Waals surface area contributed by atoms with Crippen LogP contribution in [0.15, 0.2) is 58.7 Å². The van der Waals surface area contributed by atoms with Gasteiger partial charge >= 0.3 is 5.56 Å². The second-order valence-electron chi connectivity index (χ2n) is 7.17. The highest BCUT2D eigenvalue weighted by atomic mass is 32.2. The highest BCUT2D eigenvalue weighted by Crippen LogP contribution is 2.25. The summed E-state index contributed by atoms with van der Waals surface area (Å²) in [6, 6.07) is 8.75. The lowest BCUT2D eigenvalue weighted by molar-refractivity contribution is 0.0993. The van der Waals surface area contributed by atoms with E-state index in [1.165, 1.54) is 28.4 Å². The fourth-order valence-electron chi connectivity index (χ4n) is 3.13. The van der Waals surface area contributed by atoms with Gasteiger partial charge in [-0.3, -0.25) is 18.6 Å². The van der Waals surface area contributed by atoms with Crippen molar-refractivity contribution in [3.8, 4) is 5.69 Å². The zero-order valence-corrected chi connectivity index (χ0v) is 17.8. The third kappa shape index (κ3) is 3.88. The highest BCUT2D eigenvalue weighted by Gasteiger charge is 2.21. The van der Waals surface area contributed by atoms with Crippen LogP contribution in [0.4, 0.5) is 8.78 Å². The van der Waals surface area contributed by atoms with Crippen molar-refractivity contribution in [3.05, 3.63) is 87.5 Å². The average molecular weight is 440 g/mol. The monoisotopic (exact) mass is 440 g/mol. The van der Waals surface area contributed by atoms with Crippen molar-refractivity contribution in [2.75, 3.05) is 0 Å². The molecule has 0 fully saturated rings. The predicted octanol–water partition coefficient (Wildman–Crippen LogP) is 4.14. The SMILES string of the molecule is Cc1ccc(C(=O)[C@@H](C)Sc2nnc3c(=O)n(-c4ccc(F)c(F)c4)ccn23)cc1C. The Morgan fingerprint density at radius 3 is 2.48 bits per heavy atom. The first-order valence-electron chi connectivity index (χ1n) is 9.46. The maximum Gasteiger partial charge on any atom is 0.300 e. The van der Waals surface area contributed by atoms with Gasteiger partial charge in [0.1, 0.15) is 0 Å². The van der Waals surface area contributed by atoms with Gasteiger partial charge in [0.25, 0.3) is 0 Å². The van der Waals surface area contributed by atoms with Gasteiger partial charge in [0.05, 0.1) is 10.9 Å². The molecule has 0 saturated heterocycles. The van der Waals surface area contributed by atoms with E-state index in [1.54, 1.807) is 19.2 Å². The topological polar surface area (TPSA) is 69.3 Å².